The Hall–Kier alpha value is -3.19. The Bertz CT molecular complexity index is 1330. The quantitative estimate of drug-likeness (QED) is 0.540. The van der Waals surface area contributed by atoms with Gasteiger partial charge in [-0.25, -0.2) is 0 Å². The molecule has 0 unspecified atom stereocenters. The number of hydrogen-bond acceptors (Lipinski definition) is 1. The third-order valence-electron chi connectivity index (χ3n) is 6.02. The molecule has 3 aromatic rings. The smallest absolute Gasteiger partial charge is 0.0645 e. The zero-order chi connectivity index (χ0) is 19.5. The summed E-state index contributed by atoms with van der Waals surface area (Å²) >= 11 is 0. The van der Waals surface area contributed by atoms with Gasteiger partial charge in [0.05, 0.1) is 6.54 Å². The van der Waals surface area contributed by atoms with Crippen LogP contribution in [0.4, 0.5) is 0 Å². The Labute approximate surface area is 171 Å². The molecule has 6 rings (SSSR count). The van der Waals surface area contributed by atoms with Crippen molar-refractivity contribution in [1.29, 1.82) is 0 Å². The summed E-state index contributed by atoms with van der Waals surface area (Å²) in [5, 5.41) is 5.74. The largest absolute Gasteiger partial charge is 0.288 e. The normalized spacial score (nSPS) is 15.2. The van der Waals surface area contributed by atoms with Crippen LogP contribution in [0, 0.1) is 10.4 Å². The first-order valence-corrected chi connectivity index (χ1v) is 10.5. The minimum absolute atomic E-state index is 0.809. The minimum Gasteiger partial charge on any atom is -0.288 e. The number of benzene rings is 3. The second-order valence-corrected chi connectivity index (χ2v) is 7.80. The summed E-state index contributed by atoms with van der Waals surface area (Å²) in [6, 6.07) is 21.7. The lowest BCUT2D eigenvalue weighted by Crippen LogP contribution is -2.19. The predicted octanol–water partition coefficient (Wildman–Crippen LogP) is 4.71. The lowest BCUT2D eigenvalue weighted by atomic mass is 9.89. The molecule has 1 heterocycles. The van der Waals surface area contributed by atoms with Crippen LogP contribution in [0.15, 0.2) is 71.7 Å². The summed E-state index contributed by atoms with van der Waals surface area (Å²) in [6.07, 6.45) is 15.6. The van der Waals surface area contributed by atoms with Crippen LogP contribution in [0.5, 0.6) is 0 Å². The van der Waals surface area contributed by atoms with Crippen LogP contribution in [-0.4, -0.2) is 6.21 Å². The third-order valence-corrected chi connectivity index (χ3v) is 6.02. The fourth-order valence-corrected chi connectivity index (χ4v) is 4.55. The lowest BCUT2D eigenvalue weighted by molar-refractivity contribution is 0.824. The summed E-state index contributed by atoms with van der Waals surface area (Å²) in [4.78, 5) is 4.20. The highest BCUT2D eigenvalue weighted by molar-refractivity contribution is 5.80. The van der Waals surface area contributed by atoms with Gasteiger partial charge >= 0.3 is 0 Å². The van der Waals surface area contributed by atoms with Crippen molar-refractivity contribution >= 4 is 24.4 Å². The molecule has 3 aromatic carbocycles. The van der Waals surface area contributed by atoms with Crippen molar-refractivity contribution < 1.29 is 0 Å². The van der Waals surface area contributed by atoms with Gasteiger partial charge < -0.3 is 0 Å². The maximum Gasteiger partial charge on any atom is 0.0645 e. The molecule has 0 N–H and O–H groups in total. The zero-order valence-electron chi connectivity index (χ0n) is 16.6. The molecule has 0 radical (unpaired) electrons. The molecule has 1 aliphatic heterocycles. The minimum atomic E-state index is 0.809. The molecule has 0 amide bonds. The van der Waals surface area contributed by atoms with Crippen molar-refractivity contribution in [2.45, 2.75) is 32.2 Å². The van der Waals surface area contributed by atoms with Crippen molar-refractivity contribution in [2.75, 3.05) is 0 Å². The first-order chi connectivity index (χ1) is 14.4. The second kappa shape index (κ2) is 8.05. The molecule has 0 spiro atoms. The van der Waals surface area contributed by atoms with Crippen LogP contribution < -0.4 is 10.4 Å². The number of fused-ring (bicyclic) bond motifs is 5. The molecule has 0 saturated heterocycles. The van der Waals surface area contributed by atoms with Gasteiger partial charge in [-0.1, -0.05) is 78.9 Å². The van der Waals surface area contributed by atoms with Crippen LogP contribution >= 0.6 is 0 Å². The van der Waals surface area contributed by atoms with E-state index in [2.05, 4.69) is 77.8 Å². The van der Waals surface area contributed by atoms with Crippen LogP contribution in [0.2, 0.25) is 0 Å². The van der Waals surface area contributed by atoms with Gasteiger partial charge in [-0.2, -0.15) is 0 Å². The van der Waals surface area contributed by atoms with E-state index in [0.717, 1.165) is 13.0 Å². The molecule has 29 heavy (non-hydrogen) atoms. The highest BCUT2D eigenvalue weighted by Gasteiger charge is 2.10. The first-order valence-electron chi connectivity index (χ1n) is 10.5. The summed E-state index contributed by atoms with van der Waals surface area (Å²) in [5.41, 5.74) is 5.76. The highest BCUT2D eigenvalue weighted by Crippen LogP contribution is 2.17. The Kier molecular flexibility index (Phi) is 4.96. The number of nitrogens with zero attached hydrogens (tertiary/aromatic N) is 1. The molecule has 3 aliphatic rings. The SMILES string of the molecule is C1=Cc2ccccc2CN=C1.C1=c2ccc3c(c2CCC1)CC=c1ccccc1=3. The van der Waals surface area contributed by atoms with Gasteiger partial charge in [-0.3, -0.25) is 4.99 Å². The van der Waals surface area contributed by atoms with Crippen LogP contribution in [0.25, 0.3) is 18.2 Å². The van der Waals surface area contributed by atoms with Gasteiger partial charge in [0.1, 0.15) is 0 Å². The maximum absolute atomic E-state index is 4.20. The molecule has 0 aromatic heterocycles. The molecule has 0 atom stereocenters. The molecule has 2 aliphatic carbocycles. The van der Waals surface area contributed by atoms with Crippen LogP contribution in [0.1, 0.15) is 35.1 Å². The molecular formula is C28H25N. The molecule has 1 heteroatoms. The van der Waals surface area contributed by atoms with Gasteiger partial charge in [0, 0.05) is 6.21 Å². The summed E-state index contributed by atoms with van der Waals surface area (Å²) < 4.78 is 0. The standard InChI is InChI=1S/C18H16.C10H9N/c1-3-7-15-13(5-1)9-11-18-16-8-4-2-6-14(16)10-12-17(15)18;1-2-5-10-8-11-7-3-6-9(10)4-1/h1,3,5-7,9-10,12H,2,4,8,11H2;1-7H,8H2. The van der Waals surface area contributed by atoms with E-state index in [0.29, 0.717) is 0 Å². The van der Waals surface area contributed by atoms with Crippen LogP contribution in [-0.2, 0) is 19.4 Å². The topological polar surface area (TPSA) is 12.4 Å². The molecular weight excluding hydrogens is 350 g/mol. The molecule has 1 nitrogen and oxygen atoms in total. The van der Waals surface area contributed by atoms with Gasteiger partial charge in [-0.05, 0) is 74.9 Å². The van der Waals surface area contributed by atoms with Crippen LogP contribution in [0.3, 0.4) is 0 Å². The van der Waals surface area contributed by atoms with E-state index >= 15 is 0 Å². The second-order valence-electron chi connectivity index (χ2n) is 7.80. The van der Waals surface area contributed by atoms with E-state index in [1.54, 1.807) is 11.1 Å². The molecule has 142 valence electrons. The maximum atomic E-state index is 4.20. The average molecular weight is 376 g/mol. The van der Waals surface area contributed by atoms with E-state index in [-0.39, 0.29) is 0 Å². The van der Waals surface area contributed by atoms with E-state index in [9.17, 15) is 0 Å². The summed E-state index contributed by atoms with van der Waals surface area (Å²) in [7, 11) is 0. The van der Waals surface area contributed by atoms with E-state index in [4.69, 9.17) is 0 Å². The van der Waals surface area contributed by atoms with E-state index in [1.165, 1.54) is 51.3 Å². The summed E-state index contributed by atoms with van der Waals surface area (Å²) in [6.45, 7) is 0.809. The lowest BCUT2D eigenvalue weighted by Gasteiger charge is -2.16. The predicted molar refractivity (Wildman–Crippen MR) is 123 cm³/mol. The fraction of sp³-hybridized carbons (Fsp3) is 0.179. The highest BCUT2D eigenvalue weighted by atomic mass is 14.7. The number of rotatable bonds is 0. The zero-order valence-corrected chi connectivity index (χ0v) is 16.6. The number of allylic oxidation sites excluding steroid dienone is 1. The first kappa shape index (κ1) is 17.9. The van der Waals surface area contributed by atoms with Gasteiger partial charge in [0.15, 0.2) is 0 Å². The van der Waals surface area contributed by atoms with Crippen molar-refractivity contribution in [2.24, 2.45) is 4.99 Å². The van der Waals surface area contributed by atoms with Gasteiger partial charge in [0.25, 0.3) is 0 Å². The van der Waals surface area contributed by atoms with Crippen molar-refractivity contribution in [3.63, 3.8) is 0 Å². The molecule has 0 fully saturated rings. The van der Waals surface area contributed by atoms with Crippen molar-refractivity contribution in [1.82, 2.24) is 0 Å². The molecule has 0 bridgehead atoms. The number of aliphatic imine (C=N–C) groups is 1. The summed E-state index contributed by atoms with van der Waals surface area (Å²) in [5.74, 6) is 0. The molecule has 0 saturated carbocycles. The van der Waals surface area contributed by atoms with E-state index in [1.807, 2.05) is 18.4 Å². The Morgan fingerprint density at radius 1 is 0.724 bits per heavy atom. The third kappa shape index (κ3) is 3.61. The van der Waals surface area contributed by atoms with Gasteiger partial charge in [-0.15, -0.1) is 0 Å². The van der Waals surface area contributed by atoms with Crippen molar-refractivity contribution in [3.8, 4) is 0 Å². The van der Waals surface area contributed by atoms with Crippen molar-refractivity contribution in [3.05, 3.63) is 110 Å². The Morgan fingerprint density at radius 3 is 2.62 bits per heavy atom. The average Bonchev–Trinajstić information content (AvgIpc) is 3.05. The van der Waals surface area contributed by atoms with E-state index < -0.39 is 0 Å². The Balaban J connectivity index is 0.000000142. The monoisotopic (exact) mass is 375 g/mol. The van der Waals surface area contributed by atoms with Gasteiger partial charge in [0.2, 0.25) is 0 Å². The fourth-order valence-electron chi connectivity index (χ4n) is 4.55. The Morgan fingerprint density at radius 2 is 1.62 bits per heavy atom. The number of hydrogen-bond donors (Lipinski definition) is 0.